The lowest BCUT2D eigenvalue weighted by Crippen LogP contribution is -2.41. The van der Waals surface area contributed by atoms with E-state index in [9.17, 15) is 4.79 Å². The zero-order valence-corrected chi connectivity index (χ0v) is 21.1. The van der Waals surface area contributed by atoms with Crippen molar-refractivity contribution in [1.29, 1.82) is 5.26 Å². The lowest BCUT2D eigenvalue weighted by molar-refractivity contribution is 0.0502. The van der Waals surface area contributed by atoms with Crippen LogP contribution in [0.4, 0.5) is 10.5 Å². The molecule has 0 radical (unpaired) electrons. The standard InChI is InChI=1S/C21H30N4O3.2C2H6/c1-7-17(25-20(26)28-21(3,4)5)14-27-19-10-9-16(13-18(19)23-6)15(2)24-12-8-11-22;2*1-2/h7,9-10,13,17,23-24H,1-2,8,12,14H2,3-6H3,(H,25,26);2*1-2H3/t17-;;/m1../s1. The van der Waals surface area contributed by atoms with Gasteiger partial charge in [-0.2, -0.15) is 5.26 Å². The second-order valence-electron chi connectivity index (χ2n) is 7.07. The zero-order chi connectivity index (χ0) is 25.2. The Bertz CT molecular complexity index is 734. The maximum absolute atomic E-state index is 11.9. The molecule has 1 aromatic rings. The van der Waals surface area contributed by atoms with E-state index < -0.39 is 17.7 Å². The second kappa shape index (κ2) is 17.5. The first-order valence-electron chi connectivity index (χ1n) is 11.1. The summed E-state index contributed by atoms with van der Waals surface area (Å²) in [6.07, 6.45) is 1.48. The molecule has 0 fully saturated rings. The predicted octanol–water partition coefficient (Wildman–Crippen LogP) is 5.71. The molecule has 0 bridgehead atoms. The maximum Gasteiger partial charge on any atom is 0.408 e. The molecule has 0 aliphatic rings. The van der Waals surface area contributed by atoms with Crippen molar-refractivity contribution >= 4 is 17.5 Å². The third-order valence-corrected chi connectivity index (χ3v) is 3.58. The number of carbonyl (C=O) groups excluding carboxylic acids is 1. The van der Waals surface area contributed by atoms with E-state index in [1.54, 1.807) is 33.9 Å². The number of rotatable bonds is 10. The summed E-state index contributed by atoms with van der Waals surface area (Å²) in [6, 6.07) is 7.29. The molecule has 0 aromatic heterocycles. The van der Waals surface area contributed by atoms with Crippen molar-refractivity contribution in [3.8, 4) is 11.8 Å². The second-order valence-corrected chi connectivity index (χ2v) is 7.07. The Kier molecular flexibility index (Phi) is 17.0. The molecule has 1 atom stereocenters. The van der Waals surface area contributed by atoms with Gasteiger partial charge in [-0.25, -0.2) is 4.79 Å². The van der Waals surface area contributed by atoms with Crippen molar-refractivity contribution in [2.24, 2.45) is 0 Å². The lowest BCUT2D eigenvalue weighted by atomic mass is 10.1. The molecule has 1 rings (SSSR count). The molecule has 32 heavy (non-hydrogen) atoms. The Morgan fingerprint density at radius 2 is 1.88 bits per heavy atom. The molecular formula is C25H42N4O3. The number of benzene rings is 1. The monoisotopic (exact) mass is 446 g/mol. The average Bonchev–Trinajstić information content (AvgIpc) is 2.78. The van der Waals surface area contributed by atoms with E-state index in [-0.39, 0.29) is 6.61 Å². The fourth-order valence-electron chi connectivity index (χ4n) is 2.22. The van der Waals surface area contributed by atoms with Gasteiger partial charge in [-0.05, 0) is 44.5 Å². The molecule has 0 saturated carbocycles. The van der Waals surface area contributed by atoms with Gasteiger partial charge in [0.25, 0.3) is 0 Å². The molecule has 0 aliphatic carbocycles. The quantitative estimate of drug-likeness (QED) is 0.315. The predicted molar refractivity (Wildman–Crippen MR) is 135 cm³/mol. The summed E-state index contributed by atoms with van der Waals surface area (Å²) >= 11 is 0. The first-order valence-corrected chi connectivity index (χ1v) is 11.1. The summed E-state index contributed by atoms with van der Waals surface area (Å²) < 4.78 is 11.1. The smallest absolute Gasteiger partial charge is 0.408 e. The molecule has 1 aromatic carbocycles. The lowest BCUT2D eigenvalue weighted by Gasteiger charge is -2.22. The first kappa shape index (κ1) is 31.0. The van der Waals surface area contributed by atoms with Crippen molar-refractivity contribution in [1.82, 2.24) is 10.6 Å². The van der Waals surface area contributed by atoms with Crippen LogP contribution < -0.4 is 20.7 Å². The highest BCUT2D eigenvalue weighted by atomic mass is 16.6. The molecule has 0 unspecified atom stereocenters. The number of hydrogen-bond donors (Lipinski definition) is 3. The van der Waals surface area contributed by atoms with Gasteiger partial charge in [-0.1, -0.05) is 40.3 Å². The number of nitrogens with one attached hydrogen (secondary N) is 3. The number of ether oxygens (including phenoxy) is 2. The van der Waals surface area contributed by atoms with Crippen molar-refractivity contribution in [2.45, 2.75) is 66.5 Å². The van der Waals surface area contributed by atoms with Gasteiger partial charge in [0, 0.05) is 19.3 Å². The van der Waals surface area contributed by atoms with Crippen LogP contribution in [0.5, 0.6) is 5.75 Å². The highest BCUT2D eigenvalue weighted by Crippen LogP contribution is 2.27. The van der Waals surface area contributed by atoms with Crippen LogP contribution >= 0.6 is 0 Å². The summed E-state index contributed by atoms with van der Waals surface area (Å²) in [5.74, 6) is 0.633. The van der Waals surface area contributed by atoms with Crippen LogP contribution in [-0.2, 0) is 4.74 Å². The molecule has 7 nitrogen and oxygen atoms in total. The SMILES string of the molecule is C=C[C@H](COc1ccc(C(=C)NCCC#N)cc1NC)NC(=O)OC(C)(C)C.CC.CC. The van der Waals surface area contributed by atoms with Crippen LogP contribution in [0.1, 0.15) is 60.5 Å². The van der Waals surface area contributed by atoms with Crippen LogP contribution in [0.25, 0.3) is 5.70 Å². The zero-order valence-electron chi connectivity index (χ0n) is 21.1. The van der Waals surface area contributed by atoms with E-state index in [2.05, 4.69) is 35.2 Å². The molecule has 3 N–H and O–H groups in total. The highest BCUT2D eigenvalue weighted by Gasteiger charge is 2.19. The molecule has 0 saturated heterocycles. The van der Waals surface area contributed by atoms with E-state index in [4.69, 9.17) is 14.7 Å². The van der Waals surface area contributed by atoms with E-state index >= 15 is 0 Å². The minimum atomic E-state index is -0.574. The Labute approximate surface area is 194 Å². The van der Waals surface area contributed by atoms with Crippen molar-refractivity contribution in [2.75, 3.05) is 25.5 Å². The van der Waals surface area contributed by atoms with Crippen LogP contribution in [0.3, 0.4) is 0 Å². The van der Waals surface area contributed by atoms with Crippen LogP contribution in [0.15, 0.2) is 37.4 Å². The summed E-state index contributed by atoms with van der Waals surface area (Å²) in [7, 11) is 1.79. The molecular weight excluding hydrogens is 404 g/mol. The number of amides is 1. The van der Waals surface area contributed by atoms with Gasteiger partial charge in [0.2, 0.25) is 0 Å². The van der Waals surface area contributed by atoms with E-state index in [0.717, 1.165) is 16.9 Å². The normalized spacial score (nSPS) is 10.5. The number of anilines is 1. The molecule has 0 spiro atoms. The topological polar surface area (TPSA) is 95.4 Å². The van der Waals surface area contributed by atoms with Gasteiger partial charge < -0.3 is 25.4 Å². The van der Waals surface area contributed by atoms with Gasteiger partial charge >= 0.3 is 6.09 Å². The Morgan fingerprint density at radius 3 is 2.38 bits per heavy atom. The first-order chi connectivity index (χ1) is 15.2. The van der Waals surface area contributed by atoms with Gasteiger partial charge in [0.1, 0.15) is 18.0 Å². The number of alkyl carbamates (subject to hydrolysis) is 1. The molecule has 0 heterocycles. The van der Waals surface area contributed by atoms with E-state index in [0.29, 0.717) is 18.7 Å². The van der Waals surface area contributed by atoms with Gasteiger partial charge in [0.05, 0.1) is 24.2 Å². The van der Waals surface area contributed by atoms with Crippen LogP contribution in [0, 0.1) is 11.3 Å². The minimum absolute atomic E-state index is 0.206. The fraction of sp³-hybridized carbons (Fsp3) is 0.520. The summed E-state index contributed by atoms with van der Waals surface area (Å²) in [5, 5.41) is 17.5. The number of nitriles is 1. The number of nitrogens with zero attached hydrogens (tertiary/aromatic N) is 1. The van der Waals surface area contributed by atoms with Crippen molar-refractivity contribution in [3.05, 3.63) is 43.0 Å². The molecule has 0 aliphatic heterocycles. The average molecular weight is 447 g/mol. The Hall–Kier alpha value is -3.14. The summed E-state index contributed by atoms with van der Waals surface area (Å²) in [4.78, 5) is 11.9. The fourth-order valence-corrected chi connectivity index (χ4v) is 2.22. The molecule has 1 amide bonds. The molecule has 180 valence electrons. The molecule has 7 heteroatoms. The summed E-state index contributed by atoms with van der Waals surface area (Å²) in [6.45, 7) is 21.9. The largest absolute Gasteiger partial charge is 0.489 e. The number of carbonyl (C=O) groups is 1. The van der Waals surface area contributed by atoms with Gasteiger partial charge in [-0.15, -0.1) is 6.58 Å². The van der Waals surface area contributed by atoms with E-state index in [1.165, 1.54) is 0 Å². The van der Waals surface area contributed by atoms with Crippen LogP contribution in [-0.4, -0.2) is 37.9 Å². The third kappa shape index (κ3) is 13.2. The number of hydrogen-bond acceptors (Lipinski definition) is 6. The van der Waals surface area contributed by atoms with Crippen LogP contribution in [0.2, 0.25) is 0 Å². The van der Waals surface area contributed by atoms with E-state index in [1.807, 2.05) is 45.9 Å². The van der Waals surface area contributed by atoms with Gasteiger partial charge in [-0.3, -0.25) is 0 Å². The van der Waals surface area contributed by atoms with Crippen molar-refractivity contribution in [3.63, 3.8) is 0 Å². The highest BCUT2D eigenvalue weighted by molar-refractivity contribution is 5.70. The maximum atomic E-state index is 11.9. The Morgan fingerprint density at radius 1 is 1.25 bits per heavy atom. The third-order valence-electron chi connectivity index (χ3n) is 3.58. The Balaban J connectivity index is 0. The van der Waals surface area contributed by atoms with Crippen molar-refractivity contribution < 1.29 is 14.3 Å². The summed E-state index contributed by atoms with van der Waals surface area (Å²) in [5.41, 5.74) is 1.83. The minimum Gasteiger partial charge on any atom is -0.489 e. The van der Waals surface area contributed by atoms with Gasteiger partial charge in [0.15, 0.2) is 0 Å².